The molecule has 2 aromatic rings. The number of imidazole rings is 1. The van der Waals surface area contributed by atoms with Crippen LogP contribution in [0.5, 0.6) is 0 Å². The van der Waals surface area contributed by atoms with Crippen LogP contribution in [0.3, 0.4) is 0 Å². The lowest BCUT2D eigenvalue weighted by atomic mass is 10.3. The molecular formula is C7H6FN3. The van der Waals surface area contributed by atoms with E-state index in [1.165, 1.54) is 0 Å². The first-order chi connectivity index (χ1) is 5.27. The Morgan fingerprint density at radius 1 is 1.45 bits per heavy atom. The van der Waals surface area contributed by atoms with Gasteiger partial charge >= 0.3 is 0 Å². The number of nitrogens with one attached hydrogen (secondary N) is 1. The number of anilines is 1. The maximum Gasteiger partial charge on any atom is 0.287 e. The third kappa shape index (κ3) is 0.832. The third-order valence-electron chi connectivity index (χ3n) is 1.52. The summed E-state index contributed by atoms with van der Waals surface area (Å²) in [5.41, 5.74) is 7.13. The number of aromatic amines is 1. The van der Waals surface area contributed by atoms with Gasteiger partial charge in [-0.2, -0.15) is 4.39 Å². The average Bonchev–Trinajstić information content (AvgIpc) is 2.31. The van der Waals surface area contributed by atoms with Crippen LogP contribution in [0.25, 0.3) is 11.0 Å². The Kier molecular flexibility index (Phi) is 1.09. The average molecular weight is 151 g/mol. The zero-order valence-electron chi connectivity index (χ0n) is 5.63. The van der Waals surface area contributed by atoms with Crippen molar-refractivity contribution >= 4 is 16.7 Å². The number of nitrogens with zero attached hydrogens (tertiary/aromatic N) is 1. The number of benzene rings is 1. The molecule has 0 aliphatic rings. The van der Waals surface area contributed by atoms with E-state index < -0.39 is 6.08 Å². The van der Waals surface area contributed by atoms with Crippen molar-refractivity contribution in [3.8, 4) is 0 Å². The summed E-state index contributed by atoms with van der Waals surface area (Å²) in [6.45, 7) is 0. The molecule has 0 fully saturated rings. The number of halogens is 1. The van der Waals surface area contributed by atoms with Gasteiger partial charge in [-0.3, -0.25) is 0 Å². The molecule has 1 heterocycles. The van der Waals surface area contributed by atoms with E-state index in [0.717, 1.165) is 0 Å². The fourth-order valence-corrected chi connectivity index (χ4v) is 1.02. The second kappa shape index (κ2) is 1.95. The molecule has 56 valence electrons. The lowest BCUT2D eigenvalue weighted by molar-refractivity contribution is 0.556. The van der Waals surface area contributed by atoms with Gasteiger partial charge in [-0.1, -0.05) is 6.07 Å². The second-order valence-electron chi connectivity index (χ2n) is 2.27. The van der Waals surface area contributed by atoms with Crippen molar-refractivity contribution < 1.29 is 4.39 Å². The summed E-state index contributed by atoms with van der Waals surface area (Å²) in [7, 11) is 0. The molecule has 0 amide bonds. The van der Waals surface area contributed by atoms with Gasteiger partial charge < -0.3 is 10.7 Å². The van der Waals surface area contributed by atoms with Gasteiger partial charge in [-0.25, -0.2) is 4.98 Å². The highest BCUT2D eigenvalue weighted by Gasteiger charge is 2.02. The van der Waals surface area contributed by atoms with E-state index in [1.807, 2.05) is 0 Å². The summed E-state index contributed by atoms with van der Waals surface area (Å²) in [4.78, 5) is 6.01. The largest absolute Gasteiger partial charge is 0.397 e. The van der Waals surface area contributed by atoms with Crippen LogP contribution in [0, 0.1) is 6.08 Å². The number of aromatic nitrogens is 2. The first kappa shape index (κ1) is 6.15. The van der Waals surface area contributed by atoms with E-state index in [0.29, 0.717) is 16.7 Å². The van der Waals surface area contributed by atoms with Crippen LogP contribution in [0.15, 0.2) is 18.2 Å². The van der Waals surface area contributed by atoms with Crippen molar-refractivity contribution in [1.82, 2.24) is 9.97 Å². The van der Waals surface area contributed by atoms with E-state index in [1.54, 1.807) is 18.2 Å². The molecular weight excluding hydrogens is 145 g/mol. The molecule has 0 radical (unpaired) electrons. The lowest BCUT2D eigenvalue weighted by Gasteiger charge is -1.90. The van der Waals surface area contributed by atoms with Crippen LogP contribution in [-0.2, 0) is 0 Å². The maximum atomic E-state index is 12.5. The first-order valence-corrected chi connectivity index (χ1v) is 3.17. The molecule has 1 aromatic carbocycles. The molecule has 4 heteroatoms. The molecule has 3 nitrogen and oxygen atoms in total. The van der Waals surface area contributed by atoms with Crippen molar-refractivity contribution in [3.05, 3.63) is 24.3 Å². The Balaban J connectivity index is 2.90. The number of para-hydroxylation sites is 1. The van der Waals surface area contributed by atoms with Gasteiger partial charge in [0.25, 0.3) is 6.08 Å². The van der Waals surface area contributed by atoms with Crippen LogP contribution < -0.4 is 5.73 Å². The Labute approximate surface area is 62.0 Å². The van der Waals surface area contributed by atoms with Crippen molar-refractivity contribution in [2.24, 2.45) is 0 Å². The molecule has 0 saturated heterocycles. The summed E-state index contributed by atoms with van der Waals surface area (Å²) >= 11 is 0. The number of fused-ring (bicyclic) bond motifs is 1. The molecule has 1 aromatic heterocycles. The highest BCUT2D eigenvalue weighted by Crippen LogP contribution is 2.16. The van der Waals surface area contributed by atoms with Crippen LogP contribution in [0.4, 0.5) is 10.1 Å². The monoisotopic (exact) mass is 151 g/mol. The number of nitrogen functional groups attached to an aromatic ring is 1. The quantitative estimate of drug-likeness (QED) is 0.557. The fraction of sp³-hybridized carbons (Fsp3) is 0. The molecule has 0 spiro atoms. The molecule has 2 rings (SSSR count). The highest BCUT2D eigenvalue weighted by molar-refractivity contribution is 5.86. The summed E-state index contributed by atoms with van der Waals surface area (Å²) < 4.78 is 12.5. The van der Waals surface area contributed by atoms with E-state index >= 15 is 0 Å². The van der Waals surface area contributed by atoms with E-state index in [9.17, 15) is 4.39 Å². The first-order valence-electron chi connectivity index (χ1n) is 3.17. The fourth-order valence-electron chi connectivity index (χ4n) is 1.02. The summed E-state index contributed by atoms with van der Waals surface area (Å²) in [6.07, 6.45) is -0.599. The van der Waals surface area contributed by atoms with Crippen LogP contribution in [-0.4, -0.2) is 9.97 Å². The van der Waals surface area contributed by atoms with E-state index in [4.69, 9.17) is 5.73 Å². The Bertz CT molecular complexity index is 393. The molecule has 11 heavy (non-hydrogen) atoms. The molecule has 0 bridgehead atoms. The maximum absolute atomic E-state index is 12.5. The Hall–Kier alpha value is -1.58. The second-order valence-corrected chi connectivity index (χ2v) is 2.27. The summed E-state index contributed by atoms with van der Waals surface area (Å²) in [5.74, 6) is 0. The Morgan fingerprint density at radius 3 is 3.00 bits per heavy atom. The molecule has 0 aliphatic heterocycles. The third-order valence-corrected chi connectivity index (χ3v) is 1.52. The number of nitrogens with two attached hydrogens (primary N) is 1. The van der Waals surface area contributed by atoms with Gasteiger partial charge in [0.05, 0.1) is 11.2 Å². The lowest BCUT2D eigenvalue weighted by Crippen LogP contribution is -1.84. The van der Waals surface area contributed by atoms with Gasteiger partial charge in [0, 0.05) is 0 Å². The van der Waals surface area contributed by atoms with Crippen molar-refractivity contribution in [2.75, 3.05) is 5.73 Å². The zero-order chi connectivity index (χ0) is 7.84. The SMILES string of the molecule is Nc1cccc2[nH]c(F)nc12. The van der Waals surface area contributed by atoms with Crippen LogP contribution in [0.1, 0.15) is 0 Å². The van der Waals surface area contributed by atoms with Crippen LogP contribution >= 0.6 is 0 Å². The number of hydrogen-bond acceptors (Lipinski definition) is 2. The summed E-state index contributed by atoms with van der Waals surface area (Å²) in [5, 5.41) is 0. The topological polar surface area (TPSA) is 54.7 Å². The Morgan fingerprint density at radius 2 is 2.27 bits per heavy atom. The minimum atomic E-state index is -0.599. The predicted octanol–water partition coefficient (Wildman–Crippen LogP) is 1.28. The highest BCUT2D eigenvalue weighted by atomic mass is 19.1. The number of hydrogen-bond donors (Lipinski definition) is 2. The normalized spacial score (nSPS) is 10.6. The molecule has 0 atom stereocenters. The molecule has 0 aliphatic carbocycles. The zero-order valence-corrected chi connectivity index (χ0v) is 5.63. The predicted molar refractivity (Wildman–Crippen MR) is 40.5 cm³/mol. The van der Waals surface area contributed by atoms with Gasteiger partial charge in [-0.15, -0.1) is 0 Å². The standard InChI is InChI=1S/C7H6FN3/c8-7-10-5-3-1-2-4(9)6(5)11-7/h1-3H,9H2,(H,10,11). The molecule has 3 N–H and O–H groups in total. The van der Waals surface area contributed by atoms with Crippen molar-refractivity contribution in [2.45, 2.75) is 0 Å². The summed E-state index contributed by atoms with van der Waals surface area (Å²) in [6, 6.07) is 5.15. The smallest absolute Gasteiger partial charge is 0.287 e. The number of H-pyrrole nitrogens is 1. The minimum Gasteiger partial charge on any atom is -0.397 e. The van der Waals surface area contributed by atoms with Crippen molar-refractivity contribution in [1.29, 1.82) is 0 Å². The number of rotatable bonds is 0. The van der Waals surface area contributed by atoms with Crippen molar-refractivity contribution in [3.63, 3.8) is 0 Å². The van der Waals surface area contributed by atoms with E-state index in [2.05, 4.69) is 9.97 Å². The van der Waals surface area contributed by atoms with Crippen LogP contribution in [0.2, 0.25) is 0 Å². The minimum absolute atomic E-state index is 0.489. The van der Waals surface area contributed by atoms with E-state index in [-0.39, 0.29) is 0 Å². The van der Waals surface area contributed by atoms with Gasteiger partial charge in [-0.05, 0) is 12.1 Å². The van der Waals surface area contributed by atoms with Gasteiger partial charge in [0.1, 0.15) is 5.52 Å². The van der Waals surface area contributed by atoms with Gasteiger partial charge in [0.15, 0.2) is 0 Å². The molecule has 0 unspecified atom stereocenters. The molecule has 0 saturated carbocycles. The van der Waals surface area contributed by atoms with Gasteiger partial charge in [0.2, 0.25) is 0 Å².